The summed E-state index contributed by atoms with van der Waals surface area (Å²) in [5.41, 5.74) is 4.17. The summed E-state index contributed by atoms with van der Waals surface area (Å²) in [6.45, 7) is 12.6. The van der Waals surface area contributed by atoms with Crippen LogP contribution < -0.4 is 10.1 Å². The summed E-state index contributed by atoms with van der Waals surface area (Å²) in [5, 5.41) is 2.93. The molecule has 2 aromatic rings. The summed E-state index contributed by atoms with van der Waals surface area (Å²) in [4.78, 5) is 27.4. The minimum atomic E-state index is -0.608. The minimum Gasteiger partial charge on any atom is -0.484 e. The van der Waals surface area contributed by atoms with Crippen molar-refractivity contribution in [1.82, 2.24) is 10.2 Å². The van der Waals surface area contributed by atoms with Crippen molar-refractivity contribution in [3.8, 4) is 5.75 Å². The minimum absolute atomic E-state index is 0.131. The van der Waals surface area contributed by atoms with E-state index in [0.29, 0.717) is 24.8 Å². The van der Waals surface area contributed by atoms with Gasteiger partial charge in [0.1, 0.15) is 11.8 Å². The highest BCUT2D eigenvalue weighted by Crippen LogP contribution is 2.26. The van der Waals surface area contributed by atoms with Gasteiger partial charge in [-0.25, -0.2) is 0 Å². The quantitative estimate of drug-likeness (QED) is 0.543. The van der Waals surface area contributed by atoms with Gasteiger partial charge in [-0.1, -0.05) is 59.6 Å². The van der Waals surface area contributed by atoms with E-state index in [2.05, 4.69) is 21.2 Å². The Kier molecular flexibility index (Phi) is 9.11. The van der Waals surface area contributed by atoms with Crippen molar-refractivity contribution >= 4 is 27.7 Å². The summed E-state index contributed by atoms with van der Waals surface area (Å²) in [6.07, 6.45) is 0. The maximum atomic E-state index is 13.1. The molecule has 0 fully saturated rings. The number of halogens is 1. The highest BCUT2D eigenvalue weighted by molar-refractivity contribution is 9.10. The second kappa shape index (κ2) is 11.3. The first-order valence-electron chi connectivity index (χ1n) is 10.6. The Balaban J connectivity index is 2.17. The predicted molar refractivity (Wildman–Crippen MR) is 128 cm³/mol. The molecule has 1 N–H and O–H groups in total. The molecule has 0 radical (unpaired) electrons. The van der Waals surface area contributed by atoms with Crippen molar-refractivity contribution in [1.29, 1.82) is 0 Å². The van der Waals surface area contributed by atoms with Gasteiger partial charge in [-0.15, -0.1) is 0 Å². The predicted octanol–water partition coefficient (Wildman–Crippen LogP) is 4.94. The van der Waals surface area contributed by atoms with Crippen molar-refractivity contribution in [3.05, 3.63) is 63.1 Å². The Labute approximate surface area is 194 Å². The van der Waals surface area contributed by atoms with Crippen molar-refractivity contribution in [2.75, 3.05) is 13.2 Å². The van der Waals surface area contributed by atoms with Gasteiger partial charge in [0.05, 0.1) is 0 Å². The van der Waals surface area contributed by atoms with Crippen LogP contribution in [0.4, 0.5) is 0 Å². The van der Waals surface area contributed by atoms with Crippen LogP contribution in [0.5, 0.6) is 5.75 Å². The van der Waals surface area contributed by atoms with Gasteiger partial charge < -0.3 is 15.0 Å². The monoisotopic (exact) mass is 488 g/mol. The third kappa shape index (κ3) is 7.39. The average Bonchev–Trinajstić information content (AvgIpc) is 2.71. The van der Waals surface area contributed by atoms with E-state index in [4.69, 9.17) is 4.74 Å². The van der Waals surface area contributed by atoms with Gasteiger partial charge in [0, 0.05) is 17.6 Å². The Bertz CT molecular complexity index is 904. The molecule has 2 rings (SSSR count). The lowest BCUT2D eigenvalue weighted by molar-refractivity contribution is -0.142. The van der Waals surface area contributed by atoms with Gasteiger partial charge in [0.2, 0.25) is 5.91 Å². The Morgan fingerprint density at radius 3 is 2.29 bits per heavy atom. The Morgan fingerprint density at radius 1 is 1.06 bits per heavy atom. The Morgan fingerprint density at radius 2 is 1.71 bits per heavy atom. The van der Waals surface area contributed by atoms with Gasteiger partial charge in [-0.05, 0) is 62.4 Å². The molecule has 31 heavy (non-hydrogen) atoms. The average molecular weight is 489 g/mol. The molecule has 0 heterocycles. The van der Waals surface area contributed by atoms with E-state index in [1.807, 2.05) is 71.0 Å². The number of hydrogen-bond acceptors (Lipinski definition) is 3. The van der Waals surface area contributed by atoms with Gasteiger partial charge in [-0.2, -0.15) is 0 Å². The fourth-order valence-corrected chi connectivity index (χ4v) is 3.49. The van der Waals surface area contributed by atoms with Gasteiger partial charge >= 0.3 is 0 Å². The fraction of sp³-hybridized carbons (Fsp3) is 0.440. The number of amides is 2. The first-order valence-corrected chi connectivity index (χ1v) is 11.4. The lowest BCUT2D eigenvalue weighted by atomic mass is 10.1. The van der Waals surface area contributed by atoms with E-state index in [1.165, 1.54) is 0 Å². The fourth-order valence-electron chi connectivity index (χ4n) is 3.26. The smallest absolute Gasteiger partial charge is 0.261 e. The summed E-state index contributed by atoms with van der Waals surface area (Å²) >= 11 is 3.54. The highest BCUT2D eigenvalue weighted by Gasteiger charge is 2.26. The lowest BCUT2D eigenvalue weighted by Gasteiger charge is -2.29. The van der Waals surface area contributed by atoms with E-state index in [-0.39, 0.29) is 18.4 Å². The topological polar surface area (TPSA) is 58.6 Å². The number of hydrogen-bond donors (Lipinski definition) is 1. The molecular formula is C25H33BrN2O3. The Hall–Kier alpha value is -2.34. The molecule has 168 valence electrons. The zero-order chi connectivity index (χ0) is 23.1. The van der Waals surface area contributed by atoms with Crippen LogP contribution in [0.2, 0.25) is 0 Å². The number of aryl methyl sites for hydroxylation is 3. The molecule has 0 unspecified atom stereocenters. The number of ether oxygens (including phenoxy) is 1. The molecule has 0 aliphatic rings. The van der Waals surface area contributed by atoms with Crippen LogP contribution in [0, 0.1) is 26.7 Å². The van der Waals surface area contributed by atoms with Gasteiger partial charge in [0.25, 0.3) is 5.91 Å². The number of benzene rings is 2. The van der Waals surface area contributed by atoms with E-state index >= 15 is 0 Å². The molecule has 0 aromatic heterocycles. The summed E-state index contributed by atoms with van der Waals surface area (Å²) in [7, 11) is 0. The third-order valence-electron chi connectivity index (χ3n) is 5.06. The summed E-state index contributed by atoms with van der Waals surface area (Å²) in [6, 6.07) is 11.2. The second-order valence-electron chi connectivity index (χ2n) is 8.49. The normalized spacial score (nSPS) is 11.9. The molecule has 0 saturated heterocycles. The number of carbonyl (C=O) groups excluding carboxylic acids is 2. The molecule has 2 aromatic carbocycles. The summed E-state index contributed by atoms with van der Waals surface area (Å²) < 4.78 is 6.84. The van der Waals surface area contributed by atoms with Gasteiger partial charge in [-0.3, -0.25) is 9.59 Å². The highest BCUT2D eigenvalue weighted by atomic mass is 79.9. The maximum absolute atomic E-state index is 13.1. The number of nitrogens with one attached hydrogen (secondary N) is 1. The largest absolute Gasteiger partial charge is 0.484 e. The zero-order valence-corrected chi connectivity index (χ0v) is 20.9. The van der Waals surface area contributed by atoms with Crippen LogP contribution in [0.25, 0.3) is 0 Å². The van der Waals surface area contributed by atoms with Crippen molar-refractivity contribution in [3.63, 3.8) is 0 Å². The second-order valence-corrected chi connectivity index (χ2v) is 9.28. The molecule has 0 saturated carbocycles. The van der Waals surface area contributed by atoms with Crippen molar-refractivity contribution < 1.29 is 14.3 Å². The third-order valence-corrected chi connectivity index (χ3v) is 6.31. The van der Waals surface area contributed by atoms with E-state index in [9.17, 15) is 9.59 Å². The molecule has 0 spiro atoms. The van der Waals surface area contributed by atoms with Crippen LogP contribution in [-0.2, 0) is 16.1 Å². The van der Waals surface area contributed by atoms with Gasteiger partial charge in [0.15, 0.2) is 6.61 Å². The SMILES string of the molecule is Cc1cccc(CN(C(=O)COc2cc(C)c(Br)c(C)c2)[C@H](C)C(=O)NCC(C)C)c1. The maximum Gasteiger partial charge on any atom is 0.261 e. The molecule has 0 bridgehead atoms. The first kappa shape index (κ1) is 24.9. The molecule has 2 amide bonds. The molecule has 1 atom stereocenters. The summed E-state index contributed by atoms with van der Waals surface area (Å²) in [5.74, 6) is 0.584. The first-order chi connectivity index (χ1) is 14.6. The van der Waals surface area contributed by atoms with Crippen molar-refractivity contribution in [2.45, 2.75) is 54.1 Å². The van der Waals surface area contributed by atoms with Crippen LogP contribution >= 0.6 is 15.9 Å². The van der Waals surface area contributed by atoms with E-state index < -0.39 is 6.04 Å². The molecule has 5 nitrogen and oxygen atoms in total. The van der Waals surface area contributed by atoms with Crippen molar-refractivity contribution in [2.24, 2.45) is 5.92 Å². The van der Waals surface area contributed by atoms with Crippen LogP contribution in [0.3, 0.4) is 0 Å². The molecule has 6 heteroatoms. The van der Waals surface area contributed by atoms with Crippen LogP contribution in [-0.4, -0.2) is 35.9 Å². The van der Waals surface area contributed by atoms with Crippen LogP contribution in [0.1, 0.15) is 43.0 Å². The lowest BCUT2D eigenvalue weighted by Crippen LogP contribution is -2.49. The van der Waals surface area contributed by atoms with E-state index in [0.717, 1.165) is 26.7 Å². The van der Waals surface area contributed by atoms with Crippen LogP contribution in [0.15, 0.2) is 40.9 Å². The van der Waals surface area contributed by atoms with E-state index in [1.54, 1.807) is 11.8 Å². The number of rotatable bonds is 9. The standard InChI is InChI=1S/C25H33BrN2O3/c1-16(2)13-27-25(30)20(6)28(14-21-9-7-8-17(3)10-21)23(29)15-31-22-11-18(4)24(26)19(5)12-22/h7-12,16,20H,13-15H2,1-6H3,(H,27,30)/t20-/m1/s1. The molecule has 0 aliphatic carbocycles. The molecular weight excluding hydrogens is 456 g/mol. The zero-order valence-electron chi connectivity index (χ0n) is 19.3. The molecule has 0 aliphatic heterocycles. The number of carbonyl (C=O) groups is 2. The number of nitrogens with zero attached hydrogens (tertiary/aromatic N) is 1.